The maximum absolute atomic E-state index is 11.4. The molecule has 0 rings (SSSR count). The van der Waals surface area contributed by atoms with Crippen LogP contribution in [0.5, 0.6) is 0 Å². The van der Waals surface area contributed by atoms with Gasteiger partial charge in [-0.2, -0.15) is 0 Å². The molecule has 0 aliphatic heterocycles. The van der Waals surface area contributed by atoms with Crippen molar-refractivity contribution < 1.29 is 14.4 Å². The predicted molar refractivity (Wildman–Crippen MR) is 56.3 cm³/mol. The summed E-state index contributed by atoms with van der Waals surface area (Å²) in [5, 5.41) is 3.80. The van der Waals surface area contributed by atoms with E-state index in [2.05, 4.69) is 9.99 Å². The first-order chi connectivity index (χ1) is 6.49. The lowest BCUT2D eigenvalue weighted by Gasteiger charge is -2.09. The van der Waals surface area contributed by atoms with E-state index in [0.29, 0.717) is 0 Å². The molecule has 0 spiro atoms. The number of rotatable bonds is 3. The number of nitrogens with zero attached hydrogens (tertiary/aromatic N) is 2. The zero-order valence-corrected chi connectivity index (χ0v) is 9.55. The zero-order chi connectivity index (χ0) is 11.1. The number of amides is 1. The van der Waals surface area contributed by atoms with Gasteiger partial charge in [0.05, 0.1) is 0 Å². The smallest absolute Gasteiger partial charge is 0.282 e. The Morgan fingerprint density at radius 2 is 2.00 bits per heavy atom. The van der Waals surface area contributed by atoms with Crippen LogP contribution in [0.3, 0.4) is 0 Å². The number of hydrogen-bond donors (Lipinski definition) is 0. The van der Waals surface area contributed by atoms with Gasteiger partial charge in [-0.05, 0) is 13.2 Å². The van der Waals surface area contributed by atoms with Crippen LogP contribution in [0.2, 0.25) is 0 Å². The average Bonchev–Trinajstić information content (AvgIpc) is 2.10. The molecule has 0 bridgehead atoms. The van der Waals surface area contributed by atoms with Crippen LogP contribution in [0.25, 0.3) is 0 Å². The van der Waals surface area contributed by atoms with E-state index in [1.54, 1.807) is 20.4 Å². The Morgan fingerprint density at radius 3 is 2.36 bits per heavy atom. The Bertz CT molecular complexity index is 251. The molecule has 5 nitrogen and oxygen atoms in total. The third-order valence-electron chi connectivity index (χ3n) is 1.20. The molecule has 80 valence electrons. The fourth-order valence-electron chi connectivity index (χ4n) is 0.537. The number of thioether (sulfide) groups is 1. The summed E-state index contributed by atoms with van der Waals surface area (Å²) in [6.45, 7) is 1.28. The van der Waals surface area contributed by atoms with Crippen LogP contribution in [0.1, 0.15) is 6.92 Å². The van der Waals surface area contributed by atoms with Gasteiger partial charge in [-0.15, -0.1) is 11.8 Å². The van der Waals surface area contributed by atoms with Crippen molar-refractivity contribution in [1.29, 1.82) is 0 Å². The van der Waals surface area contributed by atoms with Crippen LogP contribution in [-0.2, 0) is 14.4 Å². The summed E-state index contributed by atoms with van der Waals surface area (Å²) < 4.78 is 0. The normalized spacial score (nSPS) is 11.0. The van der Waals surface area contributed by atoms with Crippen LogP contribution in [0, 0.1) is 0 Å². The van der Waals surface area contributed by atoms with Gasteiger partial charge in [0.2, 0.25) is 5.04 Å². The van der Waals surface area contributed by atoms with Crippen molar-refractivity contribution in [1.82, 2.24) is 4.90 Å². The van der Waals surface area contributed by atoms with Gasteiger partial charge in [-0.25, -0.2) is 0 Å². The minimum Gasteiger partial charge on any atom is -0.387 e. The van der Waals surface area contributed by atoms with Gasteiger partial charge in [-0.3, -0.25) is 9.59 Å². The standard InChI is InChI=1S/C8H14N2O3S/c1-6(11)5-13-9-7(14-4)8(12)10(2)3/h5H2,1-4H3. The second-order valence-corrected chi connectivity index (χ2v) is 3.57. The fourth-order valence-corrected chi connectivity index (χ4v) is 1.02. The Balaban J connectivity index is 4.25. The van der Waals surface area contributed by atoms with Crippen molar-refractivity contribution in [2.45, 2.75) is 6.92 Å². The van der Waals surface area contributed by atoms with E-state index in [1.165, 1.54) is 23.6 Å². The summed E-state index contributed by atoms with van der Waals surface area (Å²) in [5.41, 5.74) is 0. The summed E-state index contributed by atoms with van der Waals surface area (Å²) in [6.07, 6.45) is 1.72. The summed E-state index contributed by atoms with van der Waals surface area (Å²) in [6, 6.07) is 0. The highest BCUT2D eigenvalue weighted by Crippen LogP contribution is 2.01. The van der Waals surface area contributed by atoms with Gasteiger partial charge in [-0.1, -0.05) is 5.16 Å². The molecule has 0 aliphatic rings. The van der Waals surface area contributed by atoms with Gasteiger partial charge in [0, 0.05) is 14.1 Å². The third kappa shape index (κ3) is 4.86. The van der Waals surface area contributed by atoms with E-state index in [-0.39, 0.29) is 23.3 Å². The Labute approximate surface area is 87.5 Å². The number of Topliss-reactive ketones (excluding diaryl/α,β-unsaturated/α-hetero) is 1. The van der Waals surface area contributed by atoms with Crippen molar-refractivity contribution >= 4 is 28.5 Å². The number of ketones is 1. The first-order valence-corrected chi connectivity index (χ1v) is 5.16. The van der Waals surface area contributed by atoms with Crippen LogP contribution >= 0.6 is 11.8 Å². The van der Waals surface area contributed by atoms with E-state index in [0.717, 1.165) is 0 Å². The first-order valence-electron chi connectivity index (χ1n) is 3.94. The summed E-state index contributed by atoms with van der Waals surface area (Å²) in [5.74, 6) is -0.368. The molecule has 0 aromatic carbocycles. The van der Waals surface area contributed by atoms with E-state index in [4.69, 9.17) is 0 Å². The molecule has 0 saturated carbocycles. The van der Waals surface area contributed by atoms with Gasteiger partial charge < -0.3 is 9.74 Å². The average molecular weight is 218 g/mol. The lowest BCUT2D eigenvalue weighted by Crippen LogP contribution is -2.28. The number of carbonyl (C=O) groups is 2. The molecular formula is C8H14N2O3S. The third-order valence-corrected chi connectivity index (χ3v) is 1.83. The lowest BCUT2D eigenvalue weighted by atomic mass is 10.5. The first kappa shape index (κ1) is 13.0. The predicted octanol–water partition coefficient (Wildman–Crippen LogP) is 0.357. The number of hydrogen-bond acceptors (Lipinski definition) is 5. The molecule has 0 aromatic heterocycles. The van der Waals surface area contributed by atoms with Gasteiger partial charge in [0.1, 0.15) is 0 Å². The number of oxime groups is 1. The molecule has 0 saturated heterocycles. The quantitative estimate of drug-likeness (QED) is 0.390. The molecule has 0 radical (unpaired) electrons. The van der Waals surface area contributed by atoms with Crippen LogP contribution < -0.4 is 0 Å². The molecule has 0 heterocycles. The molecule has 0 aromatic rings. The fraction of sp³-hybridized carbons (Fsp3) is 0.625. The highest BCUT2D eigenvalue weighted by atomic mass is 32.2. The minimum atomic E-state index is -0.235. The summed E-state index contributed by atoms with van der Waals surface area (Å²) in [7, 11) is 3.25. The highest BCUT2D eigenvalue weighted by molar-refractivity contribution is 8.15. The summed E-state index contributed by atoms with van der Waals surface area (Å²) in [4.78, 5) is 28.0. The molecule has 6 heteroatoms. The van der Waals surface area contributed by atoms with Crippen LogP contribution in [0.4, 0.5) is 0 Å². The van der Waals surface area contributed by atoms with E-state index >= 15 is 0 Å². The minimum absolute atomic E-state index is 0.106. The maximum Gasteiger partial charge on any atom is 0.282 e. The highest BCUT2D eigenvalue weighted by Gasteiger charge is 2.13. The SMILES string of the molecule is CSC(=NOCC(C)=O)C(=O)N(C)C. The number of carbonyl (C=O) groups excluding carboxylic acids is 2. The molecular weight excluding hydrogens is 204 g/mol. The van der Waals surface area contributed by atoms with E-state index < -0.39 is 0 Å². The molecule has 0 N–H and O–H groups in total. The van der Waals surface area contributed by atoms with Gasteiger partial charge in [0.25, 0.3) is 5.91 Å². The van der Waals surface area contributed by atoms with Gasteiger partial charge >= 0.3 is 0 Å². The van der Waals surface area contributed by atoms with E-state index in [9.17, 15) is 9.59 Å². The second-order valence-electron chi connectivity index (χ2n) is 2.78. The molecule has 0 aliphatic carbocycles. The van der Waals surface area contributed by atoms with E-state index in [1.807, 2.05) is 0 Å². The van der Waals surface area contributed by atoms with Crippen molar-refractivity contribution in [3.8, 4) is 0 Å². The Morgan fingerprint density at radius 1 is 1.43 bits per heavy atom. The van der Waals surface area contributed by atoms with Crippen molar-refractivity contribution in [3.05, 3.63) is 0 Å². The van der Waals surface area contributed by atoms with Crippen molar-refractivity contribution in [3.63, 3.8) is 0 Å². The van der Waals surface area contributed by atoms with Crippen molar-refractivity contribution in [2.75, 3.05) is 27.0 Å². The monoisotopic (exact) mass is 218 g/mol. The Hall–Kier alpha value is -1.04. The summed E-state index contributed by atoms with van der Waals surface area (Å²) >= 11 is 1.18. The largest absolute Gasteiger partial charge is 0.387 e. The molecule has 1 amide bonds. The topological polar surface area (TPSA) is 59.0 Å². The van der Waals surface area contributed by atoms with Crippen LogP contribution in [0.15, 0.2) is 5.16 Å². The lowest BCUT2D eigenvalue weighted by molar-refractivity contribution is -0.123. The molecule has 0 atom stereocenters. The molecule has 0 fully saturated rings. The van der Waals surface area contributed by atoms with Gasteiger partial charge in [0.15, 0.2) is 12.4 Å². The zero-order valence-electron chi connectivity index (χ0n) is 8.73. The molecule has 0 unspecified atom stereocenters. The second kappa shape index (κ2) is 6.42. The maximum atomic E-state index is 11.4. The Kier molecular flexibility index (Phi) is 5.94. The van der Waals surface area contributed by atoms with Crippen LogP contribution in [-0.4, -0.2) is 48.6 Å². The molecule has 14 heavy (non-hydrogen) atoms. The van der Waals surface area contributed by atoms with Crippen molar-refractivity contribution in [2.24, 2.45) is 5.16 Å².